The molecule has 0 aliphatic carbocycles. The summed E-state index contributed by atoms with van der Waals surface area (Å²) >= 11 is 0. The fourth-order valence-electron chi connectivity index (χ4n) is 4.04. The second-order valence-corrected chi connectivity index (χ2v) is 6.63. The van der Waals surface area contributed by atoms with Crippen molar-refractivity contribution in [2.24, 2.45) is 0 Å². The second kappa shape index (κ2) is 5.50. The molecule has 2 aliphatic heterocycles. The van der Waals surface area contributed by atoms with Crippen LogP contribution in [0.25, 0.3) is 10.9 Å². The van der Waals surface area contributed by atoms with Crippen LogP contribution in [0.5, 0.6) is 0 Å². The summed E-state index contributed by atoms with van der Waals surface area (Å²) in [6, 6.07) is 6.43. The molecule has 2 fully saturated rings. The number of piperidine rings is 1. The monoisotopic (exact) mass is 314 g/mol. The van der Waals surface area contributed by atoms with Crippen molar-refractivity contribution >= 4 is 22.5 Å². The van der Waals surface area contributed by atoms with E-state index in [1.165, 1.54) is 12.8 Å². The first-order valence-electron chi connectivity index (χ1n) is 8.05. The minimum Gasteiger partial charge on any atom is -0.761 e. The molecule has 0 spiro atoms. The fourth-order valence-corrected chi connectivity index (χ4v) is 4.04. The van der Waals surface area contributed by atoms with Gasteiger partial charge in [-0.2, -0.15) is 5.10 Å². The van der Waals surface area contributed by atoms with Crippen molar-refractivity contribution in [2.45, 2.75) is 43.8 Å². The topological polar surface area (TPSA) is 96.1 Å². The van der Waals surface area contributed by atoms with Crippen LogP contribution in [0, 0.1) is 5.21 Å². The molecule has 0 saturated carbocycles. The van der Waals surface area contributed by atoms with E-state index in [9.17, 15) is 10.0 Å². The predicted octanol–water partition coefficient (Wildman–Crippen LogP) is 1.83. The van der Waals surface area contributed by atoms with Crippen molar-refractivity contribution in [3.05, 3.63) is 29.1 Å². The normalized spacial score (nSPS) is 27.3. The van der Waals surface area contributed by atoms with Crippen LogP contribution < -0.4 is 10.8 Å². The molecule has 1 amide bonds. The number of rotatable bonds is 3. The maximum Gasteiger partial charge on any atom is 0.272 e. The fraction of sp³-hybridized carbons (Fsp3) is 0.500. The molecule has 23 heavy (non-hydrogen) atoms. The van der Waals surface area contributed by atoms with Crippen LogP contribution >= 0.6 is 0 Å². The van der Waals surface area contributed by atoms with Gasteiger partial charge in [0.1, 0.15) is 0 Å². The van der Waals surface area contributed by atoms with Crippen molar-refractivity contribution in [2.75, 3.05) is 12.5 Å². The Balaban J connectivity index is 1.51. The smallest absolute Gasteiger partial charge is 0.272 e. The number of carbonyl (C=O) groups excluding carboxylic acids is 1. The molecular formula is C16H20N5O2-. The zero-order valence-electron chi connectivity index (χ0n) is 13.0. The third-order valence-electron chi connectivity index (χ3n) is 5.33. The van der Waals surface area contributed by atoms with Gasteiger partial charge in [-0.15, -0.1) is 0 Å². The van der Waals surface area contributed by atoms with E-state index < -0.39 is 0 Å². The van der Waals surface area contributed by atoms with Crippen molar-refractivity contribution in [1.29, 1.82) is 0 Å². The summed E-state index contributed by atoms with van der Waals surface area (Å²) in [4.78, 5) is 15.0. The molecule has 7 nitrogen and oxygen atoms in total. The summed E-state index contributed by atoms with van der Waals surface area (Å²) in [7, 11) is 2.18. The summed E-state index contributed by atoms with van der Waals surface area (Å²) in [5.41, 5.74) is 3.36. The molecule has 3 heterocycles. The Morgan fingerprint density at radius 2 is 2.09 bits per heavy atom. The highest BCUT2D eigenvalue weighted by atomic mass is 16.5. The maximum absolute atomic E-state index is 12.6. The number of hydrogen-bond donors (Lipinski definition) is 3. The molecule has 2 aromatic rings. The van der Waals surface area contributed by atoms with Gasteiger partial charge in [0.2, 0.25) is 0 Å². The number of aromatic amines is 1. The summed E-state index contributed by atoms with van der Waals surface area (Å²) in [6.45, 7) is 0. The average Bonchev–Trinajstić information content (AvgIpc) is 3.04. The predicted molar refractivity (Wildman–Crippen MR) is 88.1 cm³/mol. The number of amides is 1. The van der Waals surface area contributed by atoms with Gasteiger partial charge in [-0.05, 0) is 50.9 Å². The Kier molecular flexibility index (Phi) is 3.46. The van der Waals surface area contributed by atoms with E-state index in [4.69, 9.17) is 0 Å². The summed E-state index contributed by atoms with van der Waals surface area (Å²) in [5, 5.41) is 21.5. The summed E-state index contributed by atoms with van der Waals surface area (Å²) < 4.78 is 0. The molecule has 1 aromatic heterocycles. The number of carbonyl (C=O) groups is 1. The van der Waals surface area contributed by atoms with E-state index in [1.54, 1.807) is 18.2 Å². The highest BCUT2D eigenvalue weighted by Gasteiger charge is 2.39. The Hall–Kier alpha value is -2.12. The number of aromatic nitrogens is 2. The number of fused-ring (bicyclic) bond motifs is 3. The lowest BCUT2D eigenvalue weighted by molar-refractivity contribution is 0.0879. The standard InChI is InChI=1S/C16H20N5O2/c1-21-11-3-4-12(21)7-10(6-11)17-16(22)15-13-5-2-9(20-23)8-14(13)18-19-15/h2,5,8,10-12,20H,3-4,6-7H2,1H3,(H,17,22)(H,18,19)/q-1. The van der Waals surface area contributed by atoms with E-state index in [0.717, 1.165) is 18.2 Å². The first-order chi connectivity index (χ1) is 11.2. The number of H-pyrrole nitrogens is 1. The number of nitrogens with zero attached hydrogens (tertiary/aromatic N) is 2. The molecule has 1 aromatic carbocycles. The second-order valence-electron chi connectivity index (χ2n) is 6.63. The van der Waals surface area contributed by atoms with Crippen molar-refractivity contribution < 1.29 is 4.79 Å². The minimum atomic E-state index is -0.145. The van der Waals surface area contributed by atoms with E-state index in [2.05, 4.69) is 27.5 Å². The molecule has 2 bridgehead atoms. The van der Waals surface area contributed by atoms with Gasteiger partial charge >= 0.3 is 0 Å². The minimum absolute atomic E-state index is 0.145. The van der Waals surface area contributed by atoms with E-state index in [0.29, 0.717) is 29.0 Å². The molecule has 4 rings (SSSR count). The van der Waals surface area contributed by atoms with Crippen LogP contribution in [-0.2, 0) is 0 Å². The molecule has 2 aliphatic rings. The first kappa shape index (κ1) is 14.5. The van der Waals surface area contributed by atoms with Gasteiger partial charge in [-0.25, -0.2) is 0 Å². The zero-order chi connectivity index (χ0) is 16.0. The molecule has 2 unspecified atom stereocenters. The number of anilines is 1. The Morgan fingerprint density at radius 3 is 2.78 bits per heavy atom. The van der Waals surface area contributed by atoms with E-state index in [1.807, 2.05) is 5.48 Å². The van der Waals surface area contributed by atoms with E-state index >= 15 is 0 Å². The Labute approximate surface area is 134 Å². The molecule has 2 saturated heterocycles. The largest absolute Gasteiger partial charge is 0.761 e. The first-order valence-corrected chi connectivity index (χ1v) is 8.05. The van der Waals surface area contributed by atoms with Gasteiger partial charge in [0.15, 0.2) is 5.69 Å². The highest BCUT2D eigenvalue weighted by molar-refractivity contribution is 6.05. The number of hydrogen-bond acceptors (Lipinski definition) is 5. The molecule has 3 N–H and O–H groups in total. The third kappa shape index (κ3) is 2.46. The zero-order valence-corrected chi connectivity index (χ0v) is 13.0. The van der Waals surface area contributed by atoms with E-state index in [-0.39, 0.29) is 11.9 Å². The van der Waals surface area contributed by atoms with Crippen molar-refractivity contribution in [3.63, 3.8) is 0 Å². The molecule has 2 atom stereocenters. The SMILES string of the molecule is CN1C2CCC1CC(NC(=O)c1n[nH]c3cc(N[O-])ccc13)C2. The number of benzene rings is 1. The quantitative estimate of drug-likeness (QED) is 0.751. The number of nitrogens with one attached hydrogen (secondary N) is 3. The van der Waals surface area contributed by atoms with Gasteiger partial charge in [0.25, 0.3) is 5.91 Å². The highest BCUT2D eigenvalue weighted by Crippen LogP contribution is 2.34. The van der Waals surface area contributed by atoms with Crippen LogP contribution in [0.1, 0.15) is 36.2 Å². The molecular weight excluding hydrogens is 294 g/mol. The van der Waals surface area contributed by atoms with Crippen molar-refractivity contribution in [1.82, 2.24) is 20.4 Å². The van der Waals surface area contributed by atoms with Gasteiger partial charge < -0.3 is 20.9 Å². The average molecular weight is 314 g/mol. The van der Waals surface area contributed by atoms with Crippen LogP contribution in [0.2, 0.25) is 0 Å². The molecule has 7 heteroatoms. The Bertz CT molecular complexity index is 729. The van der Waals surface area contributed by atoms with Crippen molar-refractivity contribution in [3.8, 4) is 0 Å². The third-order valence-corrected chi connectivity index (χ3v) is 5.33. The lowest BCUT2D eigenvalue weighted by atomic mass is 9.98. The molecule has 0 radical (unpaired) electrons. The summed E-state index contributed by atoms with van der Waals surface area (Å²) in [5.74, 6) is -0.145. The van der Waals surface area contributed by atoms with Crippen LogP contribution in [-0.4, -0.2) is 46.2 Å². The molecule has 122 valence electrons. The lowest BCUT2D eigenvalue weighted by Gasteiger charge is -2.36. The van der Waals surface area contributed by atoms with Gasteiger partial charge in [0.05, 0.1) is 5.52 Å². The summed E-state index contributed by atoms with van der Waals surface area (Å²) in [6.07, 6.45) is 4.46. The van der Waals surface area contributed by atoms with Crippen LogP contribution in [0.3, 0.4) is 0 Å². The van der Waals surface area contributed by atoms with Crippen LogP contribution in [0.4, 0.5) is 5.69 Å². The van der Waals surface area contributed by atoms with Gasteiger partial charge in [-0.3, -0.25) is 9.89 Å². The lowest BCUT2D eigenvalue weighted by Crippen LogP contribution is -2.48. The maximum atomic E-state index is 12.6. The van der Waals surface area contributed by atoms with Gasteiger partial charge in [-0.1, -0.05) is 0 Å². The van der Waals surface area contributed by atoms with Gasteiger partial charge in [0, 0.05) is 29.2 Å². The Morgan fingerprint density at radius 1 is 1.35 bits per heavy atom. The van der Waals surface area contributed by atoms with Crippen LogP contribution in [0.15, 0.2) is 18.2 Å².